The molecule has 3 aliphatic rings. The molecule has 2 amide bonds. The van der Waals surface area contributed by atoms with Crippen LogP contribution in [0.3, 0.4) is 0 Å². The van der Waals surface area contributed by atoms with Crippen molar-refractivity contribution >= 4 is 11.8 Å². The van der Waals surface area contributed by atoms with Gasteiger partial charge in [0.2, 0.25) is 5.91 Å². The lowest BCUT2D eigenvalue weighted by atomic mass is 9.71. The molecule has 2 heterocycles. The second-order valence-corrected chi connectivity index (χ2v) is 8.13. The van der Waals surface area contributed by atoms with Crippen LogP contribution in [0, 0.1) is 17.3 Å². The van der Waals surface area contributed by atoms with Gasteiger partial charge in [-0.05, 0) is 49.8 Å². The number of nitrogens with zero attached hydrogens (tertiary/aromatic N) is 1. The number of methoxy groups -OCH3 is 1. The highest BCUT2D eigenvalue weighted by atomic mass is 16.5. The highest BCUT2D eigenvalue weighted by Crippen LogP contribution is 2.45. The van der Waals surface area contributed by atoms with Crippen molar-refractivity contribution in [2.24, 2.45) is 17.3 Å². The molecule has 2 saturated heterocycles. The standard InChI is InChI=1S/C21H28N2O4/c1-26-17-4-2-3-16(11-17)20(25)23-13-18(19(24)22-12-15-5-6-15)21(14-23)7-9-27-10-8-21/h2-4,11,15,18H,5-10,12-14H2,1H3,(H,22,24). The van der Waals surface area contributed by atoms with Crippen LogP contribution in [0.15, 0.2) is 24.3 Å². The Hall–Kier alpha value is -2.08. The van der Waals surface area contributed by atoms with E-state index in [4.69, 9.17) is 9.47 Å². The zero-order valence-corrected chi connectivity index (χ0v) is 15.9. The van der Waals surface area contributed by atoms with Crippen molar-refractivity contribution in [1.29, 1.82) is 0 Å². The Kier molecular flexibility index (Phi) is 5.08. The first-order valence-corrected chi connectivity index (χ1v) is 9.90. The Morgan fingerprint density at radius 1 is 1.30 bits per heavy atom. The molecule has 3 fully saturated rings. The maximum Gasteiger partial charge on any atom is 0.254 e. The van der Waals surface area contributed by atoms with E-state index >= 15 is 0 Å². The largest absolute Gasteiger partial charge is 0.497 e. The number of hydrogen-bond donors (Lipinski definition) is 1. The van der Waals surface area contributed by atoms with Gasteiger partial charge in [-0.2, -0.15) is 0 Å². The number of amides is 2. The predicted molar refractivity (Wildman–Crippen MR) is 101 cm³/mol. The molecular weight excluding hydrogens is 344 g/mol. The topological polar surface area (TPSA) is 67.9 Å². The van der Waals surface area contributed by atoms with Crippen LogP contribution in [0.1, 0.15) is 36.0 Å². The highest BCUT2D eigenvalue weighted by Gasteiger charge is 2.51. The van der Waals surface area contributed by atoms with Crippen molar-refractivity contribution in [2.75, 3.05) is 40.0 Å². The molecule has 1 N–H and O–H groups in total. The van der Waals surface area contributed by atoms with Crippen molar-refractivity contribution in [3.8, 4) is 5.75 Å². The van der Waals surface area contributed by atoms with Gasteiger partial charge in [-0.1, -0.05) is 6.07 Å². The quantitative estimate of drug-likeness (QED) is 0.859. The molecule has 0 aromatic heterocycles. The average molecular weight is 372 g/mol. The van der Waals surface area contributed by atoms with Crippen LogP contribution < -0.4 is 10.1 Å². The number of ether oxygens (including phenoxy) is 2. The first kappa shape index (κ1) is 18.3. The maximum atomic E-state index is 13.1. The van der Waals surface area contributed by atoms with E-state index in [0.29, 0.717) is 43.5 Å². The highest BCUT2D eigenvalue weighted by molar-refractivity contribution is 5.95. The monoisotopic (exact) mass is 372 g/mol. The molecular formula is C21H28N2O4. The van der Waals surface area contributed by atoms with Crippen LogP contribution in [-0.2, 0) is 9.53 Å². The van der Waals surface area contributed by atoms with E-state index in [0.717, 1.165) is 19.4 Å². The second kappa shape index (κ2) is 7.50. The van der Waals surface area contributed by atoms with Gasteiger partial charge in [0.15, 0.2) is 0 Å². The molecule has 1 aromatic rings. The van der Waals surface area contributed by atoms with E-state index < -0.39 is 0 Å². The molecule has 1 saturated carbocycles. The summed E-state index contributed by atoms with van der Waals surface area (Å²) >= 11 is 0. The Labute approximate surface area is 160 Å². The summed E-state index contributed by atoms with van der Waals surface area (Å²) in [7, 11) is 1.59. The predicted octanol–water partition coefficient (Wildman–Crippen LogP) is 2.09. The van der Waals surface area contributed by atoms with Crippen molar-refractivity contribution in [3.63, 3.8) is 0 Å². The van der Waals surface area contributed by atoms with Crippen molar-refractivity contribution in [1.82, 2.24) is 10.2 Å². The van der Waals surface area contributed by atoms with Crippen LogP contribution in [0.25, 0.3) is 0 Å². The van der Waals surface area contributed by atoms with E-state index in [1.807, 2.05) is 23.1 Å². The summed E-state index contributed by atoms with van der Waals surface area (Å²) in [4.78, 5) is 27.9. The van der Waals surface area contributed by atoms with Crippen LogP contribution >= 0.6 is 0 Å². The fraction of sp³-hybridized carbons (Fsp3) is 0.619. The summed E-state index contributed by atoms with van der Waals surface area (Å²) in [5.41, 5.74) is 0.441. The van der Waals surface area contributed by atoms with E-state index in [1.165, 1.54) is 12.8 Å². The Morgan fingerprint density at radius 3 is 2.78 bits per heavy atom. The first-order chi connectivity index (χ1) is 13.1. The fourth-order valence-electron chi connectivity index (χ4n) is 4.40. The molecule has 6 heteroatoms. The molecule has 1 unspecified atom stereocenters. The number of benzene rings is 1. The Morgan fingerprint density at radius 2 is 2.07 bits per heavy atom. The lowest BCUT2D eigenvalue weighted by Gasteiger charge is -2.37. The lowest BCUT2D eigenvalue weighted by Crippen LogP contribution is -2.44. The first-order valence-electron chi connectivity index (χ1n) is 9.90. The van der Waals surface area contributed by atoms with Gasteiger partial charge < -0.3 is 19.7 Å². The average Bonchev–Trinajstić information content (AvgIpc) is 3.47. The normalized spacial score (nSPS) is 24.0. The van der Waals surface area contributed by atoms with Gasteiger partial charge in [-0.3, -0.25) is 9.59 Å². The van der Waals surface area contributed by atoms with Gasteiger partial charge in [0.05, 0.1) is 13.0 Å². The van der Waals surface area contributed by atoms with Crippen LogP contribution in [0.5, 0.6) is 5.75 Å². The third kappa shape index (κ3) is 3.81. The van der Waals surface area contributed by atoms with Gasteiger partial charge >= 0.3 is 0 Å². The van der Waals surface area contributed by atoms with Gasteiger partial charge in [-0.25, -0.2) is 0 Å². The van der Waals surface area contributed by atoms with Crippen molar-refractivity contribution < 1.29 is 19.1 Å². The Bertz CT molecular complexity index is 710. The van der Waals surface area contributed by atoms with Crippen LogP contribution in [0.4, 0.5) is 0 Å². The van der Waals surface area contributed by atoms with Gasteiger partial charge in [0.1, 0.15) is 5.75 Å². The molecule has 2 aliphatic heterocycles. The minimum atomic E-state index is -0.166. The molecule has 4 rings (SSSR count). The number of carbonyl (C=O) groups excluding carboxylic acids is 2. The molecule has 1 spiro atoms. The van der Waals surface area contributed by atoms with E-state index in [1.54, 1.807) is 13.2 Å². The molecule has 1 atom stereocenters. The molecule has 27 heavy (non-hydrogen) atoms. The molecule has 0 radical (unpaired) electrons. The summed E-state index contributed by atoms with van der Waals surface area (Å²) < 4.78 is 10.8. The zero-order chi connectivity index (χ0) is 18.9. The third-order valence-electron chi connectivity index (χ3n) is 6.32. The number of hydrogen-bond acceptors (Lipinski definition) is 4. The smallest absolute Gasteiger partial charge is 0.254 e. The zero-order valence-electron chi connectivity index (χ0n) is 15.9. The number of likely N-dealkylation sites (tertiary alicyclic amines) is 1. The molecule has 1 aromatic carbocycles. The molecule has 6 nitrogen and oxygen atoms in total. The molecule has 146 valence electrons. The number of nitrogens with one attached hydrogen (secondary N) is 1. The van der Waals surface area contributed by atoms with Gasteiger partial charge in [-0.15, -0.1) is 0 Å². The SMILES string of the molecule is COc1cccc(C(=O)N2CC(C(=O)NCC3CC3)C3(CCOCC3)C2)c1. The maximum absolute atomic E-state index is 13.1. The number of carbonyl (C=O) groups is 2. The number of rotatable bonds is 5. The summed E-state index contributed by atoms with van der Waals surface area (Å²) in [6.07, 6.45) is 4.08. The van der Waals surface area contributed by atoms with Crippen LogP contribution in [0.2, 0.25) is 0 Å². The fourth-order valence-corrected chi connectivity index (χ4v) is 4.40. The molecule has 1 aliphatic carbocycles. The summed E-state index contributed by atoms with van der Waals surface area (Å²) in [5, 5.41) is 3.14. The van der Waals surface area contributed by atoms with E-state index in [9.17, 15) is 9.59 Å². The summed E-state index contributed by atoms with van der Waals surface area (Å²) in [5.74, 6) is 1.23. The summed E-state index contributed by atoms with van der Waals surface area (Å²) in [6, 6.07) is 7.22. The van der Waals surface area contributed by atoms with Crippen molar-refractivity contribution in [3.05, 3.63) is 29.8 Å². The summed E-state index contributed by atoms with van der Waals surface area (Å²) in [6.45, 7) is 3.19. The minimum absolute atomic E-state index is 0.0303. The van der Waals surface area contributed by atoms with Gasteiger partial charge in [0.25, 0.3) is 5.91 Å². The van der Waals surface area contributed by atoms with Crippen molar-refractivity contribution in [2.45, 2.75) is 25.7 Å². The lowest BCUT2D eigenvalue weighted by molar-refractivity contribution is -0.129. The van der Waals surface area contributed by atoms with Crippen LogP contribution in [-0.4, -0.2) is 56.7 Å². The van der Waals surface area contributed by atoms with E-state index in [2.05, 4.69) is 5.32 Å². The Balaban J connectivity index is 1.52. The second-order valence-electron chi connectivity index (χ2n) is 8.13. The minimum Gasteiger partial charge on any atom is -0.497 e. The van der Waals surface area contributed by atoms with Gasteiger partial charge in [0, 0.05) is 43.8 Å². The van der Waals surface area contributed by atoms with E-state index in [-0.39, 0.29) is 23.1 Å². The third-order valence-corrected chi connectivity index (χ3v) is 6.32. The molecule has 0 bridgehead atoms.